The van der Waals surface area contributed by atoms with Crippen LogP contribution in [0.1, 0.15) is 78.6 Å². The van der Waals surface area contributed by atoms with E-state index < -0.39 is 0 Å². The van der Waals surface area contributed by atoms with Gasteiger partial charge in [0.15, 0.2) is 0 Å². The quantitative estimate of drug-likeness (QED) is 0.169. The lowest BCUT2D eigenvalue weighted by molar-refractivity contribution is 0.647. The summed E-state index contributed by atoms with van der Waals surface area (Å²) in [4.78, 5) is 2.69. The number of aromatic nitrogens is 1. The van der Waals surface area contributed by atoms with Crippen LogP contribution in [0.3, 0.4) is 0 Å². The molecule has 1 aromatic heterocycles. The minimum Gasteiger partial charge on any atom is -0.333 e. The standard InChI is InChI=1S/C60H44N2/c1-59(2)47-25-13-9-17-37(47)39-31-29-35(33-49(39)59)61-51-27-15-11-23-45(51)55-53-42-20-6-8-22-44(42)58-56(54(53)41-19-5-7-21-43(41)57(55)61)46-24-12-16-28-52(46)62(58)36-30-32-40-38-18-10-14-26-48(38)60(3,4)50(40)34-36/h5-34,55,57H,1-4H3. The van der Waals surface area contributed by atoms with Crippen LogP contribution in [0, 0.1) is 0 Å². The Balaban J connectivity index is 1.06. The van der Waals surface area contributed by atoms with Gasteiger partial charge < -0.3 is 9.47 Å². The van der Waals surface area contributed by atoms with E-state index in [-0.39, 0.29) is 22.8 Å². The van der Waals surface area contributed by atoms with Gasteiger partial charge in [0.2, 0.25) is 0 Å². The molecule has 62 heavy (non-hydrogen) atoms. The summed E-state index contributed by atoms with van der Waals surface area (Å²) >= 11 is 0. The second-order valence-corrected chi connectivity index (χ2v) is 19.1. The molecule has 0 saturated heterocycles. The molecule has 3 aliphatic carbocycles. The second kappa shape index (κ2) is 11.8. The van der Waals surface area contributed by atoms with Crippen LogP contribution in [-0.2, 0) is 10.8 Å². The van der Waals surface area contributed by atoms with E-state index in [0.29, 0.717) is 0 Å². The van der Waals surface area contributed by atoms with Crippen LogP contribution in [0.15, 0.2) is 182 Å². The van der Waals surface area contributed by atoms with Gasteiger partial charge in [-0.25, -0.2) is 0 Å². The van der Waals surface area contributed by atoms with Gasteiger partial charge >= 0.3 is 0 Å². The summed E-state index contributed by atoms with van der Waals surface area (Å²) in [5.41, 5.74) is 24.0. The highest BCUT2D eigenvalue weighted by molar-refractivity contribution is 6.26. The normalized spacial score (nSPS) is 17.9. The van der Waals surface area contributed by atoms with E-state index >= 15 is 0 Å². The van der Waals surface area contributed by atoms with Crippen LogP contribution in [0.25, 0.3) is 71.6 Å². The minimum atomic E-state index is -0.101. The molecular weight excluding hydrogens is 749 g/mol. The van der Waals surface area contributed by atoms with Crippen molar-refractivity contribution in [3.63, 3.8) is 0 Å². The summed E-state index contributed by atoms with van der Waals surface area (Å²) in [5.74, 6) is 0.116. The maximum atomic E-state index is 2.69. The van der Waals surface area contributed by atoms with Gasteiger partial charge in [0.05, 0.1) is 17.1 Å². The minimum absolute atomic E-state index is 0.0795. The molecule has 0 saturated carbocycles. The van der Waals surface area contributed by atoms with Crippen LogP contribution in [0.4, 0.5) is 11.4 Å². The number of para-hydroxylation sites is 2. The van der Waals surface area contributed by atoms with E-state index in [1.807, 2.05) is 0 Å². The van der Waals surface area contributed by atoms with Crippen molar-refractivity contribution in [3.05, 3.63) is 221 Å². The molecule has 0 N–H and O–H groups in total. The molecule has 2 heterocycles. The summed E-state index contributed by atoms with van der Waals surface area (Å²) in [6.07, 6.45) is 0. The first kappa shape index (κ1) is 34.5. The summed E-state index contributed by atoms with van der Waals surface area (Å²) in [6, 6.07) is 69.6. The van der Waals surface area contributed by atoms with Gasteiger partial charge in [0.1, 0.15) is 0 Å². The molecule has 0 radical (unpaired) electrons. The van der Waals surface area contributed by atoms with Gasteiger partial charge in [0.25, 0.3) is 0 Å². The fraction of sp³-hybridized carbons (Fsp3) is 0.133. The molecule has 294 valence electrons. The topological polar surface area (TPSA) is 8.17 Å². The molecule has 2 heteroatoms. The van der Waals surface area contributed by atoms with Crippen molar-refractivity contribution in [2.45, 2.75) is 50.5 Å². The first-order chi connectivity index (χ1) is 30.3. The van der Waals surface area contributed by atoms with Gasteiger partial charge in [-0.15, -0.1) is 0 Å². The zero-order valence-corrected chi connectivity index (χ0v) is 35.4. The predicted octanol–water partition coefficient (Wildman–Crippen LogP) is 15.6. The molecule has 0 spiro atoms. The SMILES string of the molecule is CC1(C)c2ccccc2-c2ccc(N3c4ccccc4C4c5c(c6c7ccccc7n(-c7ccc8c(c7)C(C)(C)c7ccccc7-8)c6c6ccccc56)-c5ccccc5C43)cc21. The third kappa shape index (κ3) is 4.16. The van der Waals surface area contributed by atoms with Crippen molar-refractivity contribution in [2.75, 3.05) is 4.90 Å². The summed E-state index contributed by atoms with van der Waals surface area (Å²) in [6.45, 7) is 9.56. The van der Waals surface area contributed by atoms with Crippen LogP contribution >= 0.6 is 0 Å². The number of rotatable bonds is 2. The van der Waals surface area contributed by atoms with E-state index in [1.54, 1.807) is 0 Å². The molecule has 1 aliphatic heterocycles. The summed E-state index contributed by atoms with van der Waals surface area (Å²) < 4.78 is 2.58. The molecule has 2 unspecified atom stereocenters. The summed E-state index contributed by atoms with van der Waals surface area (Å²) in [5, 5.41) is 5.27. The Bertz CT molecular complexity index is 3610. The highest BCUT2D eigenvalue weighted by Crippen LogP contribution is 2.64. The van der Waals surface area contributed by atoms with Crippen molar-refractivity contribution >= 4 is 44.0 Å². The lowest BCUT2D eigenvalue weighted by Gasteiger charge is -2.38. The van der Waals surface area contributed by atoms with Crippen LogP contribution in [-0.4, -0.2) is 4.57 Å². The lowest BCUT2D eigenvalue weighted by atomic mass is 9.71. The Hall–Kier alpha value is -7.16. The largest absolute Gasteiger partial charge is 0.333 e. The number of benzene rings is 9. The Morgan fingerprint density at radius 1 is 0.419 bits per heavy atom. The van der Waals surface area contributed by atoms with E-state index in [4.69, 9.17) is 0 Å². The molecule has 2 nitrogen and oxygen atoms in total. The number of hydrogen-bond acceptors (Lipinski definition) is 1. The van der Waals surface area contributed by atoms with Crippen molar-refractivity contribution < 1.29 is 0 Å². The van der Waals surface area contributed by atoms with Crippen LogP contribution < -0.4 is 4.90 Å². The van der Waals surface area contributed by atoms with E-state index in [2.05, 4.69) is 219 Å². The fourth-order valence-electron chi connectivity index (χ4n) is 12.8. The average molecular weight is 793 g/mol. The first-order valence-electron chi connectivity index (χ1n) is 22.3. The van der Waals surface area contributed by atoms with E-state index in [0.717, 1.165) is 0 Å². The maximum Gasteiger partial charge on any atom is 0.0708 e. The second-order valence-electron chi connectivity index (χ2n) is 19.1. The molecular formula is C60H44N2. The Kier molecular flexibility index (Phi) is 6.58. The van der Waals surface area contributed by atoms with Crippen molar-refractivity contribution in [2.24, 2.45) is 0 Å². The zero-order valence-electron chi connectivity index (χ0n) is 35.4. The van der Waals surface area contributed by atoms with Gasteiger partial charge in [-0.05, 0) is 114 Å². The molecule has 10 aromatic rings. The van der Waals surface area contributed by atoms with Gasteiger partial charge in [-0.2, -0.15) is 0 Å². The molecule has 9 aromatic carbocycles. The van der Waals surface area contributed by atoms with Gasteiger partial charge in [-0.3, -0.25) is 0 Å². The fourth-order valence-corrected chi connectivity index (χ4v) is 12.8. The summed E-state index contributed by atoms with van der Waals surface area (Å²) in [7, 11) is 0. The highest BCUT2D eigenvalue weighted by atomic mass is 15.2. The maximum absolute atomic E-state index is 2.69. The van der Waals surface area contributed by atoms with Crippen LogP contribution in [0.2, 0.25) is 0 Å². The number of anilines is 2. The number of hydrogen-bond donors (Lipinski definition) is 0. The smallest absolute Gasteiger partial charge is 0.0708 e. The molecule has 0 amide bonds. The zero-order chi connectivity index (χ0) is 41.2. The molecule has 2 atom stereocenters. The Morgan fingerprint density at radius 3 is 1.65 bits per heavy atom. The predicted molar refractivity (Wildman–Crippen MR) is 258 cm³/mol. The lowest BCUT2D eigenvalue weighted by Crippen LogP contribution is -2.27. The van der Waals surface area contributed by atoms with E-state index in [9.17, 15) is 0 Å². The molecule has 0 fully saturated rings. The van der Waals surface area contributed by atoms with Crippen LogP contribution in [0.5, 0.6) is 0 Å². The molecule has 14 rings (SSSR count). The highest BCUT2D eigenvalue weighted by Gasteiger charge is 2.48. The number of fused-ring (bicyclic) bond motifs is 21. The van der Waals surface area contributed by atoms with Crippen molar-refractivity contribution in [3.8, 4) is 39.1 Å². The first-order valence-corrected chi connectivity index (χ1v) is 22.3. The Morgan fingerprint density at radius 2 is 0.935 bits per heavy atom. The van der Waals surface area contributed by atoms with Crippen molar-refractivity contribution in [1.29, 1.82) is 0 Å². The monoisotopic (exact) mass is 792 g/mol. The number of nitrogens with zero attached hydrogens (tertiary/aromatic N) is 2. The third-order valence-electron chi connectivity index (χ3n) is 15.5. The molecule has 4 aliphatic rings. The van der Waals surface area contributed by atoms with Gasteiger partial charge in [-0.1, -0.05) is 173 Å². The Labute approximate surface area is 362 Å². The third-order valence-corrected chi connectivity index (χ3v) is 15.5. The average Bonchev–Trinajstić information content (AvgIpc) is 3.98. The van der Waals surface area contributed by atoms with Crippen molar-refractivity contribution in [1.82, 2.24) is 4.57 Å². The van der Waals surface area contributed by atoms with E-state index in [1.165, 1.54) is 122 Å². The van der Waals surface area contributed by atoms with Gasteiger partial charge in [0, 0.05) is 50.0 Å². The molecule has 0 bridgehead atoms.